The van der Waals surface area contributed by atoms with Crippen LogP contribution < -0.4 is 0 Å². The number of allylic oxidation sites excluding steroid dienone is 2. The van der Waals surface area contributed by atoms with Gasteiger partial charge in [0.25, 0.3) is 0 Å². The molecule has 0 unspecified atom stereocenters. The molecule has 86 valence electrons. The van der Waals surface area contributed by atoms with Crippen LogP contribution in [0.4, 0.5) is 0 Å². The van der Waals surface area contributed by atoms with Gasteiger partial charge in [-0.05, 0) is 0 Å². The first kappa shape index (κ1) is 14.7. The van der Waals surface area contributed by atoms with Gasteiger partial charge in [0.1, 0.15) is 0 Å². The van der Waals surface area contributed by atoms with Crippen molar-refractivity contribution in [2.45, 2.75) is 35.6 Å². The SMILES string of the molecule is CCOC(=O)/C(C)=C\C(C)=[CH]/[Sn]([CH3])([CH3])[CH3]. The molecule has 0 aliphatic carbocycles. The molecule has 0 fully saturated rings. The van der Waals surface area contributed by atoms with Crippen molar-refractivity contribution < 1.29 is 9.53 Å². The number of esters is 1. The number of hydrogen-bond acceptors (Lipinski definition) is 2. The number of hydrogen-bond donors (Lipinski definition) is 0. The molecule has 0 amide bonds. The Morgan fingerprint density at radius 3 is 2.20 bits per heavy atom. The first-order valence-corrected chi connectivity index (χ1v) is 15.5. The van der Waals surface area contributed by atoms with Gasteiger partial charge >= 0.3 is 97.4 Å². The molecule has 0 radical (unpaired) electrons. The van der Waals surface area contributed by atoms with E-state index in [1.165, 1.54) is 5.57 Å². The van der Waals surface area contributed by atoms with E-state index in [0.29, 0.717) is 12.2 Å². The van der Waals surface area contributed by atoms with Gasteiger partial charge in [-0.1, -0.05) is 0 Å². The molecule has 0 bridgehead atoms. The number of ether oxygens (including phenoxy) is 1. The zero-order chi connectivity index (χ0) is 12.1. The van der Waals surface area contributed by atoms with E-state index in [-0.39, 0.29) is 5.97 Å². The van der Waals surface area contributed by atoms with Crippen LogP contribution in [0.3, 0.4) is 0 Å². The van der Waals surface area contributed by atoms with Crippen LogP contribution >= 0.6 is 0 Å². The second-order valence-corrected chi connectivity index (χ2v) is 19.1. The van der Waals surface area contributed by atoms with Gasteiger partial charge in [0, 0.05) is 0 Å². The molecular weight excluding hydrogens is 295 g/mol. The Balaban J connectivity index is 4.62. The molecule has 3 heteroatoms. The van der Waals surface area contributed by atoms with Gasteiger partial charge in [0.05, 0.1) is 0 Å². The molecule has 0 N–H and O–H groups in total. The van der Waals surface area contributed by atoms with Crippen molar-refractivity contribution >= 4 is 24.3 Å². The maximum absolute atomic E-state index is 11.3. The molecular formula is C12H22O2Sn. The zero-order valence-corrected chi connectivity index (χ0v) is 13.5. The molecule has 0 atom stereocenters. The quantitative estimate of drug-likeness (QED) is 0.344. The van der Waals surface area contributed by atoms with E-state index in [2.05, 4.69) is 18.9 Å². The summed E-state index contributed by atoms with van der Waals surface area (Å²) in [4.78, 5) is 18.4. The van der Waals surface area contributed by atoms with Gasteiger partial charge in [-0.3, -0.25) is 0 Å². The molecule has 15 heavy (non-hydrogen) atoms. The summed E-state index contributed by atoms with van der Waals surface area (Å²) in [6.07, 6.45) is 1.92. The summed E-state index contributed by atoms with van der Waals surface area (Å²) in [5.74, 6) is -0.214. The Morgan fingerprint density at radius 1 is 1.27 bits per heavy atom. The molecule has 0 spiro atoms. The van der Waals surface area contributed by atoms with Gasteiger partial charge in [-0.25, -0.2) is 0 Å². The standard InChI is InChI=1S/C9H13O2.3CH3.Sn/c1-5-11-9(10)8(4)6-7(2)3;;;;/h2,6H,5H2,1,3-4H3;3*1H3;/b7-2?,8-6-;;;;. The fourth-order valence-electron chi connectivity index (χ4n) is 1.37. The molecule has 0 aromatic heterocycles. The van der Waals surface area contributed by atoms with E-state index < -0.39 is 18.4 Å². The predicted molar refractivity (Wildman–Crippen MR) is 67.5 cm³/mol. The second-order valence-electron chi connectivity index (χ2n) is 4.80. The van der Waals surface area contributed by atoms with Crippen molar-refractivity contribution in [1.29, 1.82) is 0 Å². The van der Waals surface area contributed by atoms with Crippen molar-refractivity contribution in [1.82, 2.24) is 0 Å². The van der Waals surface area contributed by atoms with Crippen molar-refractivity contribution in [3.8, 4) is 0 Å². The third-order valence-corrected chi connectivity index (χ3v) is 5.47. The van der Waals surface area contributed by atoms with Crippen LogP contribution in [0.1, 0.15) is 20.8 Å². The van der Waals surface area contributed by atoms with Crippen LogP contribution in [0.25, 0.3) is 0 Å². The first-order valence-electron chi connectivity index (χ1n) is 5.31. The van der Waals surface area contributed by atoms with Crippen molar-refractivity contribution in [2.75, 3.05) is 6.61 Å². The summed E-state index contributed by atoms with van der Waals surface area (Å²) >= 11 is -1.88. The minimum absolute atomic E-state index is 0.214. The average Bonchev–Trinajstić information content (AvgIpc) is 2.00. The summed E-state index contributed by atoms with van der Waals surface area (Å²) in [5, 5.41) is 0. The van der Waals surface area contributed by atoms with Crippen molar-refractivity contribution in [2.24, 2.45) is 0 Å². The van der Waals surface area contributed by atoms with Crippen LogP contribution in [-0.2, 0) is 9.53 Å². The van der Waals surface area contributed by atoms with Crippen LogP contribution in [-0.4, -0.2) is 31.0 Å². The molecule has 0 heterocycles. The van der Waals surface area contributed by atoms with E-state index in [4.69, 9.17) is 4.74 Å². The number of carbonyl (C=O) groups is 1. The Labute approximate surface area is 97.3 Å². The van der Waals surface area contributed by atoms with Gasteiger partial charge in [0.15, 0.2) is 0 Å². The van der Waals surface area contributed by atoms with Gasteiger partial charge in [-0.2, -0.15) is 0 Å². The van der Waals surface area contributed by atoms with Crippen LogP contribution in [0.2, 0.25) is 14.8 Å². The zero-order valence-electron chi connectivity index (χ0n) is 10.7. The molecule has 0 aliphatic rings. The van der Waals surface area contributed by atoms with E-state index in [1.807, 2.05) is 19.9 Å². The van der Waals surface area contributed by atoms with E-state index >= 15 is 0 Å². The monoisotopic (exact) mass is 318 g/mol. The van der Waals surface area contributed by atoms with Crippen LogP contribution in [0.15, 0.2) is 21.3 Å². The van der Waals surface area contributed by atoms with Crippen LogP contribution in [0, 0.1) is 0 Å². The number of carbonyl (C=O) groups excluding carboxylic acids is 1. The summed E-state index contributed by atoms with van der Waals surface area (Å²) in [5.41, 5.74) is 1.87. The van der Waals surface area contributed by atoms with Crippen molar-refractivity contribution in [3.63, 3.8) is 0 Å². The molecule has 0 aliphatic heterocycles. The van der Waals surface area contributed by atoms with E-state index in [0.717, 1.165) is 0 Å². The Kier molecular flexibility index (Phi) is 6.25. The van der Waals surface area contributed by atoms with E-state index in [9.17, 15) is 4.79 Å². The van der Waals surface area contributed by atoms with Crippen molar-refractivity contribution in [3.05, 3.63) is 21.3 Å². The normalized spacial score (nSPS) is 14.0. The summed E-state index contributed by atoms with van der Waals surface area (Å²) in [6.45, 7) is 6.10. The first-order chi connectivity index (χ1) is 6.76. The Bertz CT molecular complexity index is 282. The average molecular weight is 317 g/mol. The molecule has 0 aromatic rings. The summed E-state index contributed by atoms with van der Waals surface area (Å²) < 4.78 is 7.26. The molecule has 0 aromatic carbocycles. The Hall–Kier alpha value is -0.251. The third-order valence-electron chi connectivity index (χ3n) is 1.70. The van der Waals surface area contributed by atoms with Gasteiger partial charge in [0.2, 0.25) is 0 Å². The molecule has 0 saturated heterocycles. The summed E-state index contributed by atoms with van der Waals surface area (Å²) in [6, 6.07) is 0. The van der Waals surface area contributed by atoms with Gasteiger partial charge < -0.3 is 0 Å². The minimum atomic E-state index is -1.88. The maximum atomic E-state index is 11.3. The molecule has 2 nitrogen and oxygen atoms in total. The third kappa shape index (κ3) is 7.65. The molecule has 0 saturated carbocycles. The Morgan fingerprint density at radius 2 is 1.80 bits per heavy atom. The number of rotatable bonds is 4. The van der Waals surface area contributed by atoms with Gasteiger partial charge in [-0.15, -0.1) is 0 Å². The second kappa shape index (κ2) is 6.36. The summed E-state index contributed by atoms with van der Waals surface area (Å²) in [7, 11) is 0. The van der Waals surface area contributed by atoms with Crippen LogP contribution in [0.5, 0.6) is 0 Å². The fourth-order valence-corrected chi connectivity index (χ4v) is 5.51. The predicted octanol–water partition coefficient (Wildman–Crippen LogP) is 3.32. The van der Waals surface area contributed by atoms with E-state index in [1.54, 1.807) is 6.92 Å². The fraction of sp³-hybridized carbons (Fsp3) is 0.583. The topological polar surface area (TPSA) is 26.3 Å². The molecule has 0 rings (SSSR count).